The number of alkyl halides is 2. The molecule has 0 amide bonds. The second-order valence-corrected chi connectivity index (χ2v) is 3.79. The van der Waals surface area contributed by atoms with Crippen molar-refractivity contribution in [3.63, 3.8) is 0 Å². The lowest BCUT2D eigenvalue weighted by molar-refractivity contribution is 0.234. The molecule has 0 aromatic heterocycles. The zero-order chi connectivity index (χ0) is 8.69. The fraction of sp³-hybridized carbons (Fsp3) is 0.857. The van der Waals surface area contributed by atoms with E-state index < -0.39 is 16.9 Å². The lowest BCUT2D eigenvalue weighted by Gasteiger charge is -2.07. The van der Waals surface area contributed by atoms with Crippen molar-refractivity contribution >= 4 is 11.2 Å². The van der Waals surface area contributed by atoms with Gasteiger partial charge in [-0.2, -0.15) is 8.78 Å². The maximum atomic E-state index is 11.6. The van der Waals surface area contributed by atoms with Crippen molar-refractivity contribution in [1.82, 2.24) is 0 Å². The maximum absolute atomic E-state index is 11.6. The quantitative estimate of drug-likeness (QED) is 0.458. The van der Waals surface area contributed by atoms with Crippen molar-refractivity contribution in [2.24, 2.45) is 0 Å². The van der Waals surface area contributed by atoms with Crippen molar-refractivity contribution in [2.45, 2.75) is 31.4 Å². The summed E-state index contributed by atoms with van der Waals surface area (Å²) in [5, 5.41) is 0. The molecule has 0 spiro atoms. The van der Waals surface area contributed by atoms with E-state index in [2.05, 4.69) is 6.92 Å². The third-order valence-electron chi connectivity index (χ3n) is 1.29. The molecule has 1 nitrogen and oxygen atoms in total. The van der Waals surface area contributed by atoms with Gasteiger partial charge in [0.05, 0.1) is 0 Å². The van der Waals surface area contributed by atoms with Crippen molar-refractivity contribution in [1.29, 1.82) is 0 Å². The largest absolute Gasteiger partial charge is 0.612 e. The summed E-state index contributed by atoms with van der Waals surface area (Å²) in [4.78, 5) is 0. The minimum Gasteiger partial charge on any atom is -0.612 e. The highest BCUT2D eigenvalue weighted by molar-refractivity contribution is 7.91. The van der Waals surface area contributed by atoms with Gasteiger partial charge in [-0.05, 0) is 12.8 Å². The Morgan fingerprint density at radius 2 is 1.91 bits per heavy atom. The van der Waals surface area contributed by atoms with Crippen molar-refractivity contribution in [2.75, 3.05) is 5.75 Å². The summed E-state index contributed by atoms with van der Waals surface area (Å²) >= 11 is -1.93. The highest BCUT2D eigenvalue weighted by Gasteiger charge is 2.18. The second-order valence-electron chi connectivity index (χ2n) is 2.26. The molecular formula is C7H13F2OS. The molecule has 0 aromatic carbocycles. The highest BCUT2D eigenvalue weighted by atomic mass is 32.2. The molecule has 1 radical (unpaired) electrons. The van der Waals surface area contributed by atoms with Gasteiger partial charge in [-0.15, -0.1) is 0 Å². The number of unbranched alkanes of at least 4 members (excludes halogenated alkanes) is 3. The maximum Gasteiger partial charge on any atom is 0.397 e. The Labute approximate surface area is 69.4 Å². The van der Waals surface area contributed by atoms with Crippen LogP contribution in [0, 0.1) is 6.92 Å². The zero-order valence-corrected chi connectivity index (χ0v) is 7.21. The van der Waals surface area contributed by atoms with Crippen LogP contribution in [0.15, 0.2) is 0 Å². The summed E-state index contributed by atoms with van der Waals surface area (Å²) in [6.45, 7) is 3.61. The molecule has 0 bridgehead atoms. The summed E-state index contributed by atoms with van der Waals surface area (Å²) in [5.41, 5.74) is 0. The number of rotatable bonds is 6. The first-order chi connectivity index (χ1) is 5.18. The fourth-order valence-corrected chi connectivity index (χ4v) is 1.35. The first kappa shape index (κ1) is 11.2. The van der Waals surface area contributed by atoms with E-state index in [9.17, 15) is 13.3 Å². The van der Waals surface area contributed by atoms with Crippen LogP contribution in [-0.2, 0) is 11.2 Å². The Morgan fingerprint density at radius 1 is 1.27 bits per heavy atom. The van der Waals surface area contributed by atoms with E-state index in [0.29, 0.717) is 6.42 Å². The van der Waals surface area contributed by atoms with Gasteiger partial charge in [0.1, 0.15) is 5.75 Å². The molecular weight excluding hydrogens is 170 g/mol. The molecule has 0 heterocycles. The number of halogens is 2. The van der Waals surface area contributed by atoms with Crippen LogP contribution in [0.2, 0.25) is 0 Å². The molecule has 0 rings (SSSR count). The van der Waals surface area contributed by atoms with E-state index >= 15 is 0 Å². The topological polar surface area (TPSA) is 23.1 Å². The van der Waals surface area contributed by atoms with Crippen LogP contribution < -0.4 is 0 Å². The first-order valence-corrected chi connectivity index (χ1v) is 5.01. The molecule has 0 N–H and O–H groups in total. The van der Waals surface area contributed by atoms with Crippen molar-refractivity contribution < 1.29 is 13.3 Å². The van der Waals surface area contributed by atoms with Gasteiger partial charge in [0.2, 0.25) is 0 Å². The summed E-state index contributed by atoms with van der Waals surface area (Å²) < 4.78 is 33.7. The van der Waals surface area contributed by atoms with E-state index in [-0.39, 0.29) is 5.75 Å². The molecule has 1 atom stereocenters. The first-order valence-electron chi connectivity index (χ1n) is 3.63. The Hall–Kier alpha value is 0.170. The van der Waals surface area contributed by atoms with Crippen LogP contribution in [0.1, 0.15) is 25.7 Å². The van der Waals surface area contributed by atoms with Crippen LogP contribution in [0.25, 0.3) is 0 Å². The lowest BCUT2D eigenvalue weighted by Crippen LogP contribution is -2.15. The predicted molar refractivity (Wildman–Crippen MR) is 42.8 cm³/mol. The Kier molecular flexibility index (Phi) is 6.96. The monoisotopic (exact) mass is 183 g/mol. The molecule has 0 aliphatic heterocycles. The van der Waals surface area contributed by atoms with Gasteiger partial charge in [0.15, 0.2) is 0 Å². The van der Waals surface area contributed by atoms with Crippen molar-refractivity contribution in [3.05, 3.63) is 6.92 Å². The molecule has 1 unspecified atom stereocenters. The molecule has 67 valence electrons. The molecule has 11 heavy (non-hydrogen) atoms. The average Bonchev–Trinajstić information content (AvgIpc) is 1.97. The van der Waals surface area contributed by atoms with Gasteiger partial charge in [-0.3, -0.25) is 0 Å². The predicted octanol–water partition coefficient (Wildman–Crippen LogP) is 2.35. The van der Waals surface area contributed by atoms with Crippen molar-refractivity contribution in [3.8, 4) is 0 Å². The smallest absolute Gasteiger partial charge is 0.397 e. The van der Waals surface area contributed by atoms with Gasteiger partial charge in [-0.1, -0.05) is 19.8 Å². The number of hydrogen-bond donors (Lipinski definition) is 0. The Bertz CT molecular complexity index is 90.5. The van der Waals surface area contributed by atoms with Crippen LogP contribution >= 0.6 is 0 Å². The number of hydrogen-bond acceptors (Lipinski definition) is 1. The van der Waals surface area contributed by atoms with Gasteiger partial charge in [0, 0.05) is 11.2 Å². The third kappa shape index (κ3) is 6.56. The SMILES string of the molecule is [CH2]CCCCC[S+]([O-])C(F)F. The van der Waals surface area contributed by atoms with Gasteiger partial charge in [-0.25, -0.2) is 0 Å². The molecule has 0 aliphatic rings. The normalized spacial score (nSPS) is 13.9. The zero-order valence-electron chi connectivity index (χ0n) is 6.39. The Balaban J connectivity index is 3.10. The summed E-state index contributed by atoms with van der Waals surface area (Å²) in [7, 11) is 0. The molecule has 0 saturated carbocycles. The van der Waals surface area contributed by atoms with Gasteiger partial charge < -0.3 is 4.55 Å². The molecule has 4 heteroatoms. The van der Waals surface area contributed by atoms with E-state index in [1.807, 2.05) is 0 Å². The minimum absolute atomic E-state index is 0.123. The van der Waals surface area contributed by atoms with Crippen LogP contribution in [0.5, 0.6) is 0 Å². The van der Waals surface area contributed by atoms with Crippen LogP contribution in [-0.4, -0.2) is 16.1 Å². The van der Waals surface area contributed by atoms with E-state index in [1.165, 1.54) is 0 Å². The molecule has 0 saturated heterocycles. The summed E-state index contributed by atoms with van der Waals surface area (Å²) in [6.07, 6.45) is 3.22. The molecule has 0 fully saturated rings. The fourth-order valence-electron chi connectivity index (χ4n) is 0.687. The molecule has 0 aliphatic carbocycles. The standard InChI is InChI=1S/C7H13F2OS/c1-2-3-4-5-6-11(10)7(8)9/h7H,1-6H2. The lowest BCUT2D eigenvalue weighted by atomic mass is 10.2. The van der Waals surface area contributed by atoms with Crippen LogP contribution in [0.4, 0.5) is 8.78 Å². The third-order valence-corrected chi connectivity index (χ3v) is 2.38. The van der Waals surface area contributed by atoms with E-state index in [1.54, 1.807) is 0 Å². The van der Waals surface area contributed by atoms with E-state index in [4.69, 9.17) is 0 Å². The van der Waals surface area contributed by atoms with Gasteiger partial charge in [0.25, 0.3) is 0 Å². The Morgan fingerprint density at radius 3 is 2.36 bits per heavy atom. The van der Waals surface area contributed by atoms with Gasteiger partial charge >= 0.3 is 5.76 Å². The van der Waals surface area contributed by atoms with E-state index in [0.717, 1.165) is 19.3 Å². The average molecular weight is 183 g/mol. The summed E-state index contributed by atoms with van der Waals surface area (Å²) in [6, 6.07) is 0. The minimum atomic E-state index is -2.67. The molecule has 0 aromatic rings. The summed E-state index contributed by atoms with van der Waals surface area (Å²) in [5.74, 6) is -2.55. The second kappa shape index (κ2) is 6.85. The van der Waals surface area contributed by atoms with Crippen LogP contribution in [0.3, 0.4) is 0 Å². The highest BCUT2D eigenvalue weighted by Crippen LogP contribution is 2.09.